The Morgan fingerprint density at radius 1 is 1.33 bits per heavy atom. The molecule has 1 fully saturated rings. The van der Waals surface area contributed by atoms with Crippen molar-refractivity contribution < 1.29 is 14.3 Å². The lowest BCUT2D eigenvalue weighted by Gasteiger charge is -2.40. The number of methoxy groups -OCH3 is 1. The third-order valence-corrected chi connectivity index (χ3v) is 4.45. The summed E-state index contributed by atoms with van der Waals surface area (Å²) in [6.07, 6.45) is 4.80. The highest BCUT2D eigenvalue weighted by molar-refractivity contribution is 5.89. The molecule has 0 saturated carbocycles. The second-order valence-electron chi connectivity index (χ2n) is 6.24. The fourth-order valence-electron chi connectivity index (χ4n) is 2.96. The summed E-state index contributed by atoms with van der Waals surface area (Å²) in [4.78, 5) is 28.6. The summed E-state index contributed by atoms with van der Waals surface area (Å²) in [5.74, 6) is -0.177. The van der Waals surface area contributed by atoms with Gasteiger partial charge in [0.2, 0.25) is 5.91 Å². The van der Waals surface area contributed by atoms with E-state index in [1.54, 1.807) is 37.0 Å². The van der Waals surface area contributed by atoms with Gasteiger partial charge in [0.15, 0.2) is 0 Å². The van der Waals surface area contributed by atoms with E-state index in [2.05, 4.69) is 10.4 Å². The van der Waals surface area contributed by atoms with Crippen LogP contribution in [0.1, 0.15) is 12.8 Å². The molecule has 2 rings (SSSR count). The van der Waals surface area contributed by atoms with Crippen LogP contribution in [0, 0.1) is 0 Å². The molecule has 1 aromatic rings. The topological polar surface area (TPSA) is 79.7 Å². The van der Waals surface area contributed by atoms with Gasteiger partial charge in [0.1, 0.15) is 5.54 Å². The quantitative estimate of drug-likeness (QED) is 0.727. The summed E-state index contributed by atoms with van der Waals surface area (Å²) in [5, 5.41) is 7.61. The van der Waals surface area contributed by atoms with Crippen molar-refractivity contribution in [1.29, 1.82) is 0 Å². The Kier molecular flexibility index (Phi) is 6.33. The Balaban J connectivity index is 2.27. The summed E-state index contributed by atoms with van der Waals surface area (Å²) in [7, 11) is 4.97. The van der Waals surface area contributed by atoms with Crippen LogP contribution in [-0.2, 0) is 19.9 Å². The zero-order valence-corrected chi connectivity index (χ0v) is 14.7. The summed E-state index contributed by atoms with van der Waals surface area (Å²) in [5.41, 5.74) is -0.741. The lowest BCUT2D eigenvalue weighted by Crippen LogP contribution is -2.57. The van der Waals surface area contributed by atoms with Gasteiger partial charge in [0.25, 0.3) is 5.91 Å². The molecule has 134 valence electrons. The van der Waals surface area contributed by atoms with Crippen LogP contribution in [0.5, 0.6) is 0 Å². The first-order valence-corrected chi connectivity index (χ1v) is 8.20. The van der Waals surface area contributed by atoms with E-state index in [0.717, 1.165) is 13.1 Å². The number of ether oxygens (including phenoxy) is 1. The minimum Gasteiger partial charge on any atom is -0.383 e. The molecule has 0 radical (unpaired) electrons. The Morgan fingerprint density at radius 3 is 2.58 bits per heavy atom. The number of hydrogen-bond acceptors (Lipinski definition) is 5. The normalized spacial score (nSPS) is 16.6. The number of hydrogen-bond donors (Lipinski definition) is 1. The molecular formula is C16H27N5O3. The molecule has 0 spiro atoms. The van der Waals surface area contributed by atoms with Crippen LogP contribution in [0.4, 0.5) is 0 Å². The highest BCUT2D eigenvalue weighted by Gasteiger charge is 2.44. The highest BCUT2D eigenvalue weighted by atomic mass is 16.5. The number of nitrogens with one attached hydrogen (secondary N) is 1. The molecule has 2 heterocycles. The van der Waals surface area contributed by atoms with E-state index in [0.29, 0.717) is 26.0 Å². The van der Waals surface area contributed by atoms with Crippen molar-refractivity contribution in [2.24, 2.45) is 0 Å². The molecule has 8 nitrogen and oxygen atoms in total. The molecule has 1 saturated heterocycles. The molecule has 0 atom stereocenters. The standard InChI is InChI=1S/C16H27N5O3/c1-19(2)14(22)13-20(11-12-24-3)15(23)16(5-8-17-9-6-16)21-10-4-7-18-21/h4,7,10,17H,5-6,8-9,11-13H2,1-3H3. The molecule has 24 heavy (non-hydrogen) atoms. The molecular weight excluding hydrogens is 310 g/mol. The van der Waals surface area contributed by atoms with Gasteiger partial charge in [0, 0.05) is 40.1 Å². The largest absolute Gasteiger partial charge is 0.383 e. The average Bonchev–Trinajstić information content (AvgIpc) is 3.13. The second kappa shape index (κ2) is 8.25. The van der Waals surface area contributed by atoms with Gasteiger partial charge in [-0.15, -0.1) is 0 Å². The first kappa shape index (κ1) is 18.4. The van der Waals surface area contributed by atoms with E-state index in [9.17, 15) is 9.59 Å². The van der Waals surface area contributed by atoms with E-state index in [1.165, 1.54) is 4.90 Å². The van der Waals surface area contributed by atoms with E-state index in [1.807, 2.05) is 12.3 Å². The number of carbonyl (C=O) groups is 2. The maximum Gasteiger partial charge on any atom is 0.251 e. The van der Waals surface area contributed by atoms with Crippen molar-refractivity contribution in [2.45, 2.75) is 18.4 Å². The van der Waals surface area contributed by atoms with E-state index < -0.39 is 5.54 Å². The molecule has 2 amide bonds. The van der Waals surface area contributed by atoms with Crippen LogP contribution in [0.15, 0.2) is 18.5 Å². The van der Waals surface area contributed by atoms with Gasteiger partial charge >= 0.3 is 0 Å². The van der Waals surface area contributed by atoms with Gasteiger partial charge in [-0.25, -0.2) is 0 Å². The monoisotopic (exact) mass is 337 g/mol. The number of aromatic nitrogens is 2. The first-order chi connectivity index (χ1) is 11.5. The molecule has 0 aromatic carbocycles. The molecule has 0 unspecified atom stereocenters. The number of likely N-dealkylation sites (N-methyl/N-ethyl adjacent to an activating group) is 1. The van der Waals surface area contributed by atoms with Gasteiger partial charge < -0.3 is 19.9 Å². The van der Waals surface area contributed by atoms with E-state index >= 15 is 0 Å². The lowest BCUT2D eigenvalue weighted by atomic mass is 9.86. The molecule has 8 heteroatoms. The molecule has 1 aliphatic heterocycles. The SMILES string of the molecule is COCCN(CC(=O)N(C)C)C(=O)C1(n2cccn2)CCNCC1. The third-order valence-electron chi connectivity index (χ3n) is 4.45. The van der Waals surface area contributed by atoms with Crippen LogP contribution >= 0.6 is 0 Å². The number of amides is 2. The average molecular weight is 337 g/mol. The predicted molar refractivity (Wildman–Crippen MR) is 89.5 cm³/mol. The van der Waals surface area contributed by atoms with E-state index in [-0.39, 0.29) is 18.4 Å². The fraction of sp³-hybridized carbons (Fsp3) is 0.688. The smallest absolute Gasteiger partial charge is 0.251 e. The minimum absolute atomic E-state index is 0.0473. The van der Waals surface area contributed by atoms with E-state index in [4.69, 9.17) is 4.74 Å². The van der Waals surface area contributed by atoms with Gasteiger partial charge in [0.05, 0.1) is 13.2 Å². The molecule has 0 bridgehead atoms. The summed E-state index contributed by atoms with van der Waals surface area (Å²) < 4.78 is 6.87. The number of rotatable bonds is 7. The highest BCUT2D eigenvalue weighted by Crippen LogP contribution is 2.29. The first-order valence-electron chi connectivity index (χ1n) is 8.20. The van der Waals surface area contributed by atoms with Crippen molar-refractivity contribution in [3.05, 3.63) is 18.5 Å². The third kappa shape index (κ3) is 3.93. The molecule has 0 aliphatic carbocycles. The summed E-state index contributed by atoms with van der Waals surface area (Å²) in [6.45, 7) is 2.30. The minimum atomic E-state index is -0.741. The van der Waals surface area contributed by atoms with Gasteiger partial charge in [-0.3, -0.25) is 14.3 Å². The van der Waals surface area contributed by atoms with Crippen molar-refractivity contribution in [1.82, 2.24) is 24.9 Å². The maximum atomic E-state index is 13.4. The van der Waals surface area contributed by atoms with Gasteiger partial charge in [-0.05, 0) is 32.0 Å². The predicted octanol–water partition coefficient (Wildman–Crippen LogP) is -0.475. The Hall–Kier alpha value is -1.93. The van der Waals surface area contributed by atoms with Crippen LogP contribution < -0.4 is 5.32 Å². The lowest BCUT2D eigenvalue weighted by molar-refractivity contribution is -0.148. The molecule has 1 aliphatic rings. The van der Waals surface area contributed by atoms with Crippen LogP contribution in [-0.4, -0.2) is 85.4 Å². The summed E-state index contributed by atoms with van der Waals surface area (Å²) >= 11 is 0. The number of nitrogens with zero attached hydrogens (tertiary/aromatic N) is 4. The zero-order valence-electron chi connectivity index (χ0n) is 14.7. The Bertz CT molecular complexity index is 538. The maximum absolute atomic E-state index is 13.4. The second-order valence-corrected chi connectivity index (χ2v) is 6.24. The van der Waals surface area contributed by atoms with Crippen LogP contribution in [0.2, 0.25) is 0 Å². The van der Waals surface area contributed by atoms with Crippen LogP contribution in [0.3, 0.4) is 0 Å². The Labute approximate surface area is 142 Å². The van der Waals surface area contributed by atoms with Crippen molar-refractivity contribution in [3.63, 3.8) is 0 Å². The van der Waals surface area contributed by atoms with Crippen molar-refractivity contribution >= 4 is 11.8 Å². The van der Waals surface area contributed by atoms with Crippen molar-refractivity contribution in [3.8, 4) is 0 Å². The van der Waals surface area contributed by atoms with Gasteiger partial charge in [-0.2, -0.15) is 5.10 Å². The van der Waals surface area contributed by atoms with Crippen molar-refractivity contribution in [2.75, 3.05) is 54.0 Å². The molecule has 1 aromatic heterocycles. The zero-order chi connectivity index (χ0) is 17.6. The fourth-order valence-corrected chi connectivity index (χ4v) is 2.96. The Morgan fingerprint density at radius 2 is 2.04 bits per heavy atom. The van der Waals surface area contributed by atoms with Crippen LogP contribution in [0.25, 0.3) is 0 Å². The molecule has 1 N–H and O–H groups in total. The summed E-state index contributed by atoms with van der Waals surface area (Å²) in [6, 6.07) is 1.82. The number of piperidine rings is 1. The number of carbonyl (C=O) groups excluding carboxylic acids is 2. The van der Waals surface area contributed by atoms with Gasteiger partial charge in [-0.1, -0.05) is 0 Å².